The van der Waals surface area contributed by atoms with Gasteiger partial charge >= 0.3 is 0 Å². The summed E-state index contributed by atoms with van der Waals surface area (Å²) >= 11 is 0. The highest BCUT2D eigenvalue weighted by atomic mass is 16.5. The normalized spacial score (nSPS) is 10.7. The molecule has 0 amide bonds. The highest BCUT2D eigenvalue weighted by Gasteiger charge is 2.14. The van der Waals surface area contributed by atoms with Crippen LogP contribution in [0.25, 0.3) is 10.8 Å². The van der Waals surface area contributed by atoms with Crippen LogP contribution >= 0.6 is 0 Å². The van der Waals surface area contributed by atoms with Crippen molar-refractivity contribution in [3.63, 3.8) is 0 Å². The van der Waals surface area contributed by atoms with E-state index in [4.69, 9.17) is 9.47 Å². The molecule has 0 bridgehead atoms. The van der Waals surface area contributed by atoms with E-state index >= 15 is 0 Å². The molecule has 0 aliphatic rings. The maximum absolute atomic E-state index is 5.42. The third-order valence-electron chi connectivity index (χ3n) is 4.01. The molecule has 0 radical (unpaired) electrons. The average Bonchev–Trinajstić information content (AvgIpc) is 2.57. The van der Waals surface area contributed by atoms with Crippen LogP contribution in [0, 0.1) is 6.92 Å². The molecule has 2 aromatic carbocycles. The summed E-state index contributed by atoms with van der Waals surface area (Å²) in [6, 6.07) is 16.7. The van der Waals surface area contributed by atoms with Crippen molar-refractivity contribution in [3.05, 3.63) is 66.0 Å². The van der Waals surface area contributed by atoms with Crippen LogP contribution in [0.4, 0.5) is 0 Å². The van der Waals surface area contributed by atoms with Gasteiger partial charge in [0.15, 0.2) is 29.9 Å². The summed E-state index contributed by atoms with van der Waals surface area (Å²) < 4.78 is 13.1. The molecule has 1 heterocycles. The number of pyridine rings is 1. The Bertz CT molecular complexity index is 797. The molecule has 0 unspecified atom stereocenters. The van der Waals surface area contributed by atoms with E-state index in [9.17, 15) is 0 Å². The molecule has 0 N–H and O–H groups in total. The fourth-order valence-corrected chi connectivity index (χ4v) is 2.73. The molecule has 0 saturated carbocycles. The lowest BCUT2D eigenvalue weighted by Gasteiger charge is -2.10. The van der Waals surface area contributed by atoms with Crippen LogP contribution in [-0.2, 0) is 6.54 Å². The summed E-state index contributed by atoms with van der Waals surface area (Å²) in [5.41, 5.74) is 2.50. The van der Waals surface area contributed by atoms with Gasteiger partial charge in [0.2, 0.25) is 0 Å². The predicted molar refractivity (Wildman–Crippen MR) is 87.5 cm³/mol. The first-order valence-electron chi connectivity index (χ1n) is 7.31. The standard InChI is InChI=1S/C19H20NO2/c1-14-17-12-19(22-3)18(21-2)11-16(17)9-10-20(14)13-15-7-5-4-6-8-15/h4-12H,13H2,1-3H3/q+1. The number of nitrogens with zero attached hydrogens (tertiary/aromatic N) is 1. The molecule has 112 valence electrons. The number of benzene rings is 2. The Morgan fingerprint density at radius 1 is 0.909 bits per heavy atom. The SMILES string of the molecule is COc1cc2cc[n+](Cc3ccccc3)c(C)c2cc1OC. The Hall–Kier alpha value is -2.55. The van der Waals surface area contributed by atoms with E-state index in [2.05, 4.69) is 48.0 Å². The van der Waals surface area contributed by atoms with Crippen LogP contribution in [0.5, 0.6) is 11.5 Å². The van der Waals surface area contributed by atoms with E-state index in [-0.39, 0.29) is 0 Å². The molecule has 1 aromatic heterocycles. The molecule has 3 nitrogen and oxygen atoms in total. The maximum atomic E-state index is 5.42. The fourth-order valence-electron chi connectivity index (χ4n) is 2.73. The van der Waals surface area contributed by atoms with Crippen molar-refractivity contribution >= 4 is 10.8 Å². The Kier molecular flexibility index (Phi) is 3.96. The van der Waals surface area contributed by atoms with Crippen molar-refractivity contribution in [2.75, 3.05) is 14.2 Å². The second kappa shape index (κ2) is 6.06. The minimum absolute atomic E-state index is 0.759. The fraction of sp³-hybridized carbons (Fsp3) is 0.211. The zero-order valence-corrected chi connectivity index (χ0v) is 13.2. The minimum atomic E-state index is 0.759. The van der Waals surface area contributed by atoms with Crippen molar-refractivity contribution in [1.29, 1.82) is 0 Å². The second-order valence-electron chi connectivity index (χ2n) is 5.31. The summed E-state index contributed by atoms with van der Waals surface area (Å²) in [4.78, 5) is 0. The van der Waals surface area contributed by atoms with Gasteiger partial charge in [0.25, 0.3) is 0 Å². The summed E-state index contributed by atoms with van der Waals surface area (Å²) in [5, 5.41) is 2.33. The first-order valence-corrected chi connectivity index (χ1v) is 7.31. The van der Waals surface area contributed by atoms with Gasteiger partial charge in [0.05, 0.1) is 19.6 Å². The molecule has 3 aromatic rings. The number of ether oxygens (including phenoxy) is 2. The van der Waals surface area contributed by atoms with Crippen LogP contribution in [0.15, 0.2) is 54.7 Å². The van der Waals surface area contributed by atoms with Crippen molar-refractivity contribution < 1.29 is 14.0 Å². The quantitative estimate of drug-likeness (QED) is 0.687. The van der Waals surface area contributed by atoms with E-state index in [1.54, 1.807) is 14.2 Å². The predicted octanol–water partition coefficient (Wildman–Crippen LogP) is 3.50. The van der Waals surface area contributed by atoms with E-state index in [1.165, 1.54) is 16.6 Å². The molecule has 0 aliphatic heterocycles. The molecule has 0 atom stereocenters. The third kappa shape index (κ3) is 2.62. The largest absolute Gasteiger partial charge is 0.493 e. The minimum Gasteiger partial charge on any atom is -0.493 e. The lowest BCUT2D eigenvalue weighted by Crippen LogP contribution is -2.37. The van der Waals surface area contributed by atoms with Crippen molar-refractivity contribution in [2.45, 2.75) is 13.5 Å². The van der Waals surface area contributed by atoms with Gasteiger partial charge < -0.3 is 9.47 Å². The number of aromatic nitrogens is 1. The summed E-state index contributed by atoms with van der Waals surface area (Å²) in [6.07, 6.45) is 2.12. The number of fused-ring (bicyclic) bond motifs is 1. The highest BCUT2D eigenvalue weighted by molar-refractivity contribution is 5.86. The molecule has 3 heteroatoms. The van der Waals surface area contributed by atoms with Crippen LogP contribution in [0.2, 0.25) is 0 Å². The van der Waals surface area contributed by atoms with Crippen LogP contribution in [0.1, 0.15) is 11.3 Å². The van der Waals surface area contributed by atoms with E-state index in [0.717, 1.165) is 23.4 Å². The zero-order valence-electron chi connectivity index (χ0n) is 13.2. The molecule has 0 saturated heterocycles. The zero-order chi connectivity index (χ0) is 15.5. The number of methoxy groups -OCH3 is 2. The first-order chi connectivity index (χ1) is 10.7. The van der Waals surface area contributed by atoms with Gasteiger partial charge in [-0.15, -0.1) is 0 Å². The van der Waals surface area contributed by atoms with Gasteiger partial charge in [-0.1, -0.05) is 30.3 Å². The summed E-state index contributed by atoms with van der Waals surface area (Å²) in [5.74, 6) is 1.52. The molecule has 0 fully saturated rings. The number of hydrogen-bond donors (Lipinski definition) is 0. The van der Waals surface area contributed by atoms with Gasteiger partial charge in [-0.05, 0) is 17.5 Å². The van der Waals surface area contributed by atoms with Crippen molar-refractivity contribution in [1.82, 2.24) is 0 Å². The molecule has 0 aliphatic carbocycles. The first kappa shape index (κ1) is 14.4. The third-order valence-corrected chi connectivity index (χ3v) is 4.01. The van der Waals surface area contributed by atoms with Gasteiger partial charge in [0.1, 0.15) is 0 Å². The monoisotopic (exact) mass is 294 g/mol. The highest BCUT2D eigenvalue weighted by Crippen LogP contribution is 2.32. The van der Waals surface area contributed by atoms with E-state index in [0.29, 0.717) is 0 Å². The molecular weight excluding hydrogens is 274 g/mol. The second-order valence-corrected chi connectivity index (χ2v) is 5.31. The molecular formula is C19H20NO2+. The van der Waals surface area contributed by atoms with Crippen LogP contribution < -0.4 is 14.0 Å². The smallest absolute Gasteiger partial charge is 0.186 e. The lowest BCUT2D eigenvalue weighted by atomic mass is 10.1. The summed E-state index contributed by atoms with van der Waals surface area (Å²) in [7, 11) is 3.33. The Labute approximate surface area is 130 Å². The van der Waals surface area contributed by atoms with Gasteiger partial charge in [-0.3, -0.25) is 0 Å². The van der Waals surface area contributed by atoms with Crippen LogP contribution in [0.3, 0.4) is 0 Å². The van der Waals surface area contributed by atoms with Gasteiger partial charge in [0, 0.05) is 18.6 Å². The van der Waals surface area contributed by atoms with E-state index < -0.39 is 0 Å². The average molecular weight is 294 g/mol. The van der Waals surface area contributed by atoms with Gasteiger partial charge in [-0.2, -0.15) is 4.57 Å². The number of aryl methyl sites for hydroxylation is 1. The Morgan fingerprint density at radius 2 is 1.59 bits per heavy atom. The summed E-state index contributed by atoms with van der Waals surface area (Å²) in [6.45, 7) is 2.99. The Morgan fingerprint density at radius 3 is 2.27 bits per heavy atom. The molecule has 3 rings (SSSR count). The van der Waals surface area contributed by atoms with Gasteiger partial charge in [-0.25, -0.2) is 0 Å². The number of hydrogen-bond acceptors (Lipinski definition) is 2. The van der Waals surface area contributed by atoms with Crippen LogP contribution in [-0.4, -0.2) is 14.2 Å². The van der Waals surface area contributed by atoms with Crippen molar-refractivity contribution in [3.8, 4) is 11.5 Å². The molecule has 0 spiro atoms. The van der Waals surface area contributed by atoms with Crippen molar-refractivity contribution in [2.24, 2.45) is 0 Å². The maximum Gasteiger partial charge on any atom is 0.186 e. The molecule has 22 heavy (non-hydrogen) atoms. The lowest BCUT2D eigenvalue weighted by molar-refractivity contribution is -0.692. The number of rotatable bonds is 4. The Balaban J connectivity index is 2.08. The topological polar surface area (TPSA) is 22.3 Å². The van der Waals surface area contributed by atoms with E-state index in [1.807, 2.05) is 18.2 Å².